The Bertz CT molecular complexity index is 1180. The second-order valence-electron chi connectivity index (χ2n) is 6.12. The molecule has 1 atom stereocenters. The van der Waals surface area contributed by atoms with E-state index in [2.05, 4.69) is 31.0 Å². The zero-order valence-corrected chi connectivity index (χ0v) is 13.9. The van der Waals surface area contributed by atoms with Crippen LogP contribution in [0.5, 0.6) is 5.75 Å². The van der Waals surface area contributed by atoms with Crippen LogP contribution in [-0.2, 0) is 0 Å². The molecule has 0 bridgehead atoms. The van der Waals surface area contributed by atoms with Crippen molar-refractivity contribution in [2.45, 2.75) is 6.04 Å². The summed E-state index contributed by atoms with van der Waals surface area (Å²) in [4.78, 5) is 12.5. The fraction of sp³-hybridized carbons (Fsp3) is 0.0556. The molecule has 1 aliphatic heterocycles. The Balaban J connectivity index is 1.82. The Kier molecular flexibility index (Phi) is 3.26. The number of phenolic OH excluding ortho intramolecular Hbond substituents is 1. The number of hydrogen-bond acceptors (Lipinski definition) is 7. The van der Waals surface area contributed by atoms with Gasteiger partial charge in [0.2, 0.25) is 5.95 Å². The first-order chi connectivity index (χ1) is 13.2. The van der Waals surface area contributed by atoms with Gasteiger partial charge >= 0.3 is 0 Å². The Labute approximate surface area is 152 Å². The highest BCUT2D eigenvalue weighted by Crippen LogP contribution is 2.40. The minimum atomic E-state index is -0.425. The van der Waals surface area contributed by atoms with Gasteiger partial charge < -0.3 is 10.4 Å². The van der Waals surface area contributed by atoms with E-state index in [4.69, 9.17) is 0 Å². The standard InChI is InChI=1S/C18H13N7O2/c26-12-8-6-10(7-9-12)14-13-15(17(27)21-20-14)19-18-22-23-24-25(18)16(13)11-4-2-1-3-5-11/h1-9,16,26H,(H,21,27)(H,19,22,24)/t16-/m0/s1. The molecule has 0 aliphatic carbocycles. The smallest absolute Gasteiger partial charge is 0.288 e. The van der Waals surface area contributed by atoms with Gasteiger partial charge in [0, 0.05) is 11.1 Å². The lowest BCUT2D eigenvalue weighted by molar-refractivity contribution is 0.475. The summed E-state index contributed by atoms with van der Waals surface area (Å²) in [7, 11) is 0. The highest BCUT2D eigenvalue weighted by Gasteiger charge is 2.34. The molecule has 2 aromatic carbocycles. The van der Waals surface area contributed by atoms with E-state index < -0.39 is 6.04 Å². The number of H-pyrrole nitrogens is 1. The van der Waals surface area contributed by atoms with Crippen molar-refractivity contribution >= 4 is 11.6 Å². The van der Waals surface area contributed by atoms with E-state index >= 15 is 0 Å². The predicted molar refractivity (Wildman–Crippen MR) is 96.7 cm³/mol. The normalized spacial score (nSPS) is 14.9. The van der Waals surface area contributed by atoms with Crippen molar-refractivity contribution in [1.82, 2.24) is 30.4 Å². The van der Waals surface area contributed by atoms with Crippen molar-refractivity contribution < 1.29 is 5.11 Å². The van der Waals surface area contributed by atoms with Crippen LogP contribution in [0.2, 0.25) is 0 Å². The topological polar surface area (TPSA) is 122 Å². The number of anilines is 2. The fourth-order valence-corrected chi connectivity index (χ4v) is 3.32. The summed E-state index contributed by atoms with van der Waals surface area (Å²) in [6, 6.07) is 15.9. The second kappa shape index (κ2) is 5.77. The number of aromatic hydroxyl groups is 1. The molecule has 0 saturated heterocycles. The Morgan fingerprint density at radius 2 is 1.81 bits per heavy atom. The van der Waals surface area contributed by atoms with Crippen molar-refractivity contribution in [3.05, 3.63) is 76.1 Å². The molecule has 4 aromatic rings. The van der Waals surface area contributed by atoms with Gasteiger partial charge in [-0.1, -0.05) is 35.4 Å². The van der Waals surface area contributed by atoms with Crippen LogP contribution in [0.4, 0.5) is 11.6 Å². The van der Waals surface area contributed by atoms with Gasteiger partial charge in [-0.05, 0) is 40.3 Å². The molecule has 3 N–H and O–H groups in total. The molecule has 0 amide bonds. The molecule has 0 radical (unpaired) electrons. The van der Waals surface area contributed by atoms with E-state index in [0.29, 0.717) is 22.9 Å². The SMILES string of the molecule is O=c1[nH]nc(-c2ccc(O)cc2)c2c1Nc1nnnn1[C@H]2c1ccccc1. The van der Waals surface area contributed by atoms with E-state index in [1.165, 1.54) is 0 Å². The summed E-state index contributed by atoms with van der Waals surface area (Å²) in [5, 5.41) is 31.2. The molecule has 27 heavy (non-hydrogen) atoms. The van der Waals surface area contributed by atoms with E-state index in [1.807, 2.05) is 30.3 Å². The van der Waals surface area contributed by atoms with Gasteiger partial charge in [0.1, 0.15) is 17.5 Å². The van der Waals surface area contributed by atoms with Crippen molar-refractivity contribution in [3.63, 3.8) is 0 Å². The number of aromatic amines is 1. The summed E-state index contributed by atoms with van der Waals surface area (Å²) < 4.78 is 1.63. The predicted octanol–water partition coefficient (Wildman–Crippen LogP) is 1.82. The highest BCUT2D eigenvalue weighted by atomic mass is 16.3. The molecule has 5 rings (SSSR count). The molecule has 0 saturated carbocycles. The average molecular weight is 359 g/mol. The molecular weight excluding hydrogens is 346 g/mol. The fourth-order valence-electron chi connectivity index (χ4n) is 3.32. The molecule has 132 valence electrons. The van der Waals surface area contributed by atoms with Crippen LogP contribution in [0.1, 0.15) is 17.2 Å². The largest absolute Gasteiger partial charge is 0.508 e. The zero-order chi connectivity index (χ0) is 18.4. The third-order valence-electron chi connectivity index (χ3n) is 4.52. The lowest BCUT2D eigenvalue weighted by Gasteiger charge is -2.27. The molecule has 2 aromatic heterocycles. The minimum Gasteiger partial charge on any atom is -0.508 e. The number of benzene rings is 2. The monoisotopic (exact) mass is 359 g/mol. The molecule has 3 heterocycles. The minimum absolute atomic E-state index is 0.150. The summed E-state index contributed by atoms with van der Waals surface area (Å²) in [6.45, 7) is 0. The zero-order valence-electron chi connectivity index (χ0n) is 13.9. The number of phenols is 1. The number of rotatable bonds is 2. The lowest BCUT2D eigenvalue weighted by atomic mass is 9.92. The molecule has 9 nitrogen and oxygen atoms in total. The molecule has 1 aliphatic rings. The van der Waals surface area contributed by atoms with Crippen molar-refractivity contribution in [1.29, 1.82) is 0 Å². The maximum atomic E-state index is 12.5. The Morgan fingerprint density at radius 1 is 1.04 bits per heavy atom. The van der Waals surface area contributed by atoms with Crippen LogP contribution in [0.15, 0.2) is 59.4 Å². The third kappa shape index (κ3) is 2.36. The van der Waals surface area contributed by atoms with E-state index in [9.17, 15) is 9.90 Å². The first-order valence-electron chi connectivity index (χ1n) is 8.24. The van der Waals surface area contributed by atoms with Crippen LogP contribution < -0.4 is 10.9 Å². The van der Waals surface area contributed by atoms with Gasteiger partial charge in [0.25, 0.3) is 5.56 Å². The summed E-state index contributed by atoms with van der Waals surface area (Å²) >= 11 is 0. The summed E-state index contributed by atoms with van der Waals surface area (Å²) in [5.74, 6) is 0.530. The maximum absolute atomic E-state index is 12.5. The quantitative estimate of drug-likeness (QED) is 0.439. The molecular formula is C18H13N7O2. The van der Waals surface area contributed by atoms with Crippen molar-refractivity contribution in [2.24, 2.45) is 0 Å². The van der Waals surface area contributed by atoms with Crippen LogP contribution in [0, 0.1) is 0 Å². The van der Waals surface area contributed by atoms with E-state index in [1.54, 1.807) is 28.9 Å². The van der Waals surface area contributed by atoms with Gasteiger partial charge in [-0.15, -0.1) is 0 Å². The number of nitrogens with zero attached hydrogens (tertiary/aromatic N) is 5. The Morgan fingerprint density at radius 3 is 2.59 bits per heavy atom. The second-order valence-corrected chi connectivity index (χ2v) is 6.12. The van der Waals surface area contributed by atoms with Gasteiger partial charge in [-0.2, -0.15) is 9.78 Å². The van der Waals surface area contributed by atoms with E-state index in [0.717, 1.165) is 11.1 Å². The molecule has 0 unspecified atom stereocenters. The number of hydrogen-bond donors (Lipinski definition) is 3. The molecule has 0 spiro atoms. The van der Waals surface area contributed by atoms with Crippen molar-refractivity contribution in [2.75, 3.05) is 5.32 Å². The number of aromatic nitrogens is 6. The molecule has 0 fully saturated rings. The van der Waals surface area contributed by atoms with Crippen LogP contribution in [0.25, 0.3) is 11.3 Å². The first-order valence-corrected chi connectivity index (χ1v) is 8.24. The van der Waals surface area contributed by atoms with E-state index in [-0.39, 0.29) is 11.3 Å². The summed E-state index contributed by atoms with van der Waals surface area (Å²) in [5.41, 5.74) is 2.90. The van der Waals surface area contributed by atoms with Gasteiger partial charge in [-0.3, -0.25) is 4.79 Å². The number of tetrazole rings is 1. The van der Waals surface area contributed by atoms with Gasteiger partial charge in [-0.25, -0.2) is 5.10 Å². The third-order valence-corrected chi connectivity index (χ3v) is 4.52. The average Bonchev–Trinajstić information content (AvgIpc) is 3.17. The summed E-state index contributed by atoms with van der Waals surface area (Å²) in [6.07, 6.45) is 0. The highest BCUT2D eigenvalue weighted by molar-refractivity contribution is 5.75. The van der Waals surface area contributed by atoms with Gasteiger partial charge in [0.15, 0.2) is 0 Å². The maximum Gasteiger partial charge on any atom is 0.288 e. The molecule has 9 heteroatoms. The first kappa shape index (κ1) is 15.3. The lowest BCUT2D eigenvalue weighted by Crippen LogP contribution is -2.29. The number of fused-ring (bicyclic) bond motifs is 2. The van der Waals surface area contributed by atoms with Crippen LogP contribution in [-0.4, -0.2) is 35.5 Å². The van der Waals surface area contributed by atoms with Crippen molar-refractivity contribution in [3.8, 4) is 17.0 Å². The van der Waals surface area contributed by atoms with Crippen LogP contribution in [0.3, 0.4) is 0 Å². The Hall–Kier alpha value is -4.01. The van der Waals surface area contributed by atoms with Crippen LogP contribution >= 0.6 is 0 Å². The van der Waals surface area contributed by atoms with Gasteiger partial charge in [0.05, 0.1) is 5.69 Å². The number of nitrogens with one attached hydrogen (secondary N) is 2.